The standard InChI is InChI=1S/C30H31Cl4NO6/c1-7-23(40-29(36)25-19(31)11-13-21(33)27(25)38-5)35(18-10-9-16(3)17(4)15-18)24(8-2)41-30(37)26-20(32)12-14-22(34)28(26)39-6/h9-15,23-24H,7-8H2,1-6H3. The van der Waals surface area contributed by atoms with Crippen LogP contribution in [0.2, 0.25) is 20.1 Å². The molecule has 3 aromatic rings. The van der Waals surface area contributed by atoms with Crippen molar-refractivity contribution in [3.8, 4) is 11.5 Å². The van der Waals surface area contributed by atoms with E-state index < -0.39 is 24.4 Å². The molecule has 0 heterocycles. The van der Waals surface area contributed by atoms with Crippen molar-refractivity contribution in [3.05, 3.63) is 84.8 Å². The van der Waals surface area contributed by atoms with Crippen LogP contribution in [0, 0.1) is 13.8 Å². The highest BCUT2D eigenvalue weighted by Crippen LogP contribution is 2.37. The van der Waals surface area contributed by atoms with E-state index in [1.807, 2.05) is 45.9 Å². The van der Waals surface area contributed by atoms with Gasteiger partial charge in [0.25, 0.3) is 0 Å². The van der Waals surface area contributed by atoms with Crippen LogP contribution in [0.5, 0.6) is 11.5 Å². The molecule has 0 bridgehead atoms. The maximum atomic E-state index is 13.5. The summed E-state index contributed by atoms with van der Waals surface area (Å²) in [4.78, 5) is 28.8. The average molecular weight is 643 g/mol. The molecule has 220 valence electrons. The third-order valence-corrected chi connectivity index (χ3v) is 7.75. The Kier molecular flexibility index (Phi) is 11.4. The van der Waals surface area contributed by atoms with Crippen molar-refractivity contribution in [2.45, 2.75) is 53.0 Å². The number of carbonyl (C=O) groups excluding carboxylic acids is 2. The van der Waals surface area contributed by atoms with Crippen LogP contribution < -0.4 is 14.4 Å². The van der Waals surface area contributed by atoms with Crippen molar-refractivity contribution < 1.29 is 28.5 Å². The van der Waals surface area contributed by atoms with Crippen LogP contribution in [-0.4, -0.2) is 38.6 Å². The van der Waals surface area contributed by atoms with E-state index >= 15 is 0 Å². The molecule has 0 N–H and O–H groups in total. The molecular formula is C30H31Cl4NO6. The van der Waals surface area contributed by atoms with Crippen LogP contribution in [0.1, 0.15) is 58.5 Å². The predicted octanol–water partition coefficient (Wildman–Crippen LogP) is 8.93. The van der Waals surface area contributed by atoms with Crippen LogP contribution >= 0.6 is 46.4 Å². The fourth-order valence-corrected chi connectivity index (χ4v) is 5.21. The summed E-state index contributed by atoms with van der Waals surface area (Å²) in [6, 6.07) is 11.8. The molecule has 3 aromatic carbocycles. The first kappa shape index (κ1) is 32.7. The zero-order valence-electron chi connectivity index (χ0n) is 23.5. The van der Waals surface area contributed by atoms with Crippen molar-refractivity contribution in [2.75, 3.05) is 19.1 Å². The summed E-state index contributed by atoms with van der Waals surface area (Å²) in [6.07, 6.45) is -1.12. The van der Waals surface area contributed by atoms with Gasteiger partial charge in [-0.2, -0.15) is 0 Å². The van der Waals surface area contributed by atoms with E-state index in [4.69, 9.17) is 65.4 Å². The smallest absolute Gasteiger partial charge is 0.345 e. The Bertz CT molecular complexity index is 1350. The molecule has 0 saturated carbocycles. The van der Waals surface area contributed by atoms with Gasteiger partial charge in [0.1, 0.15) is 11.1 Å². The van der Waals surface area contributed by atoms with Gasteiger partial charge in [-0.05, 0) is 61.4 Å². The molecule has 41 heavy (non-hydrogen) atoms. The van der Waals surface area contributed by atoms with Gasteiger partial charge < -0.3 is 23.8 Å². The quantitative estimate of drug-likeness (QED) is 0.153. The monoisotopic (exact) mass is 641 g/mol. The molecule has 0 aromatic heterocycles. The Morgan fingerprint density at radius 2 is 1.10 bits per heavy atom. The molecule has 0 radical (unpaired) electrons. The first-order chi connectivity index (χ1) is 19.5. The van der Waals surface area contributed by atoms with Gasteiger partial charge in [-0.1, -0.05) is 66.3 Å². The molecular weight excluding hydrogens is 612 g/mol. The zero-order valence-corrected chi connectivity index (χ0v) is 26.5. The third-order valence-electron chi connectivity index (χ3n) is 6.53. The molecule has 2 unspecified atom stereocenters. The van der Waals surface area contributed by atoms with E-state index in [0.717, 1.165) is 11.1 Å². The number of benzene rings is 3. The summed E-state index contributed by atoms with van der Waals surface area (Å²) in [5.74, 6) is -1.32. The number of nitrogens with zero attached hydrogens (tertiary/aromatic N) is 1. The molecule has 3 rings (SSSR count). The number of rotatable bonds is 11. The molecule has 0 spiro atoms. The second kappa shape index (κ2) is 14.4. The summed E-state index contributed by atoms with van der Waals surface area (Å²) < 4.78 is 22.7. The Hall–Kier alpha value is -2.84. The van der Waals surface area contributed by atoms with Crippen molar-refractivity contribution >= 4 is 64.0 Å². The van der Waals surface area contributed by atoms with Gasteiger partial charge in [0, 0.05) is 18.5 Å². The van der Waals surface area contributed by atoms with Crippen molar-refractivity contribution in [3.63, 3.8) is 0 Å². The number of carbonyl (C=O) groups is 2. The van der Waals surface area contributed by atoms with Gasteiger partial charge in [-0.3, -0.25) is 0 Å². The first-order valence-corrected chi connectivity index (χ1v) is 14.3. The van der Waals surface area contributed by atoms with Gasteiger partial charge in [0.2, 0.25) is 0 Å². The number of aryl methyl sites for hydroxylation is 2. The van der Waals surface area contributed by atoms with Gasteiger partial charge >= 0.3 is 11.9 Å². The molecule has 0 fully saturated rings. The number of anilines is 1. The maximum Gasteiger partial charge on any atom is 0.345 e. The van der Waals surface area contributed by atoms with Crippen LogP contribution in [0.25, 0.3) is 0 Å². The van der Waals surface area contributed by atoms with Crippen LogP contribution in [0.15, 0.2) is 42.5 Å². The fraction of sp³-hybridized carbons (Fsp3) is 0.333. The van der Waals surface area contributed by atoms with Gasteiger partial charge in [-0.15, -0.1) is 0 Å². The Labute approximate surface area is 260 Å². The summed E-state index contributed by atoms with van der Waals surface area (Å²) in [6.45, 7) is 7.63. The largest absolute Gasteiger partial charge is 0.494 e. The van der Waals surface area contributed by atoms with Gasteiger partial charge in [-0.25, -0.2) is 9.59 Å². The second-order valence-electron chi connectivity index (χ2n) is 9.09. The highest BCUT2D eigenvalue weighted by atomic mass is 35.5. The topological polar surface area (TPSA) is 74.3 Å². The molecule has 0 amide bonds. The van der Waals surface area contributed by atoms with Crippen LogP contribution in [0.3, 0.4) is 0 Å². The number of halogens is 4. The van der Waals surface area contributed by atoms with Crippen molar-refractivity contribution in [1.82, 2.24) is 0 Å². The number of hydrogen-bond donors (Lipinski definition) is 0. The predicted molar refractivity (Wildman–Crippen MR) is 163 cm³/mol. The molecule has 7 nitrogen and oxygen atoms in total. The zero-order chi connectivity index (χ0) is 30.4. The maximum absolute atomic E-state index is 13.5. The average Bonchev–Trinajstić information content (AvgIpc) is 2.95. The van der Waals surface area contributed by atoms with E-state index in [2.05, 4.69) is 0 Å². The van der Waals surface area contributed by atoms with E-state index in [1.165, 1.54) is 38.5 Å². The number of ether oxygens (including phenoxy) is 4. The lowest BCUT2D eigenvalue weighted by Gasteiger charge is -2.38. The third kappa shape index (κ3) is 7.15. The Balaban J connectivity index is 2.08. The van der Waals surface area contributed by atoms with E-state index in [0.29, 0.717) is 18.5 Å². The van der Waals surface area contributed by atoms with E-state index in [1.54, 1.807) is 4.90 Å². The van der Waals surface area contributed by atoms with Crippen molar-refractivity contribution in [1.29, 1.82) is 0 Å². The molecule has 0 aliphatic heterocycles. The SMILES string of the molecule is CCC(OC(=O)c1c(Cl)ccc(Cl)c1OC)N(c1ccc(C)c(C)c1)C(CC)OC(=O)c1c(Cl)ccc(Cl)c1OC. The first-order valence-electron chi connectivity index (χ1n) is 12.8. The molecule has 0 aliphatic rings. The lowest BCUT2D eigenvalue weighted by molar-refractivity contribution is -0.000495. The highest BCUT2D eigenvalue weighted by Gasteiger charge is 2.34. The molecule has 0 aliphatic carbocycles. The summed E-state index contributed by atoms with van der Waals surface area (Å²) in [5, 5.41) is 0.640. The lowest BCUT2D eigenvalue weighted by atomic mass is 10.1. The fourth-order valence-electron chi connectivity index (χ4n) is 4.29. The van der Waals surface area contributed by atoms with E-state index in [9.17, 15) is 9.59 Å². The summed E-state index contributed by atoms with van der Waals surface area (Å²) in [5.41, 5.74) is 2.70. The number of methoxy groups -OCH3 is 2. The number of esters is 2. The van der Waals surface area contributed by atoms with Crippen LogP contribution in [-0.2, 0) is 9.47 Å². The van der Waals surface area contributed by atoms with Gasteiger partial charge in [0.15, 0.2) is 24.0 Å². The lowest BCUT2D eigenvalue weighted by Crippen LogP contribution is -2.47. The normalized spacial score (nSPS) is 12.3. The van der Waals surface area contributed by atoms with E-state index in [-0.39, 0.29) is 42.7 Å². The minimum atomic E-state index is -0.890. The van der Waals surface area contributed by atoms with Crippen LogP contribution in [0.4, 0.5) is 5.69 Å². The van der Waals surface area contributed by atoms with Crippen molar-refractivity contribution in [2.24, 2.45) is 0 Å². The minimum Gasteiger partial charge on any atom is -0.494 e. The molecule has 0 saturated heterocycles. The highest BCUT2D eigenvalue weighted by molar-refractivity contribution is 6.37. The minimum absolute atomic E-state index is 0.0133. The summed E-state index contributed by atoms with van der Waals surface area (Å²) >= 11 is 25.2. The second-order valence-corrected chi connectivity index (χ2v) is 10.7. The number of hydrogen-bond acceptors (Lipinski definition) is 7. The Morgan fingerprint density at radius 3 is 1.46 bits per heavy atom. The Morgan fingerprint density at radius 1 is 0.683 bits per heavy atom. The molecule has 11 heteroatoms. The van der Waals surface area contributed by atoms with Gasteiger partial charge in [0.05, 0.1) is 34.3 Å². The molecule has 2 atom stereocenters. The summed E-state index contributed by atoms with van der Waals surface area (Å²) in [7, 11) is 2.77.